The number of aliphatic hydroxyl groups excluding tert-OH is 1. The summed E-state index contributed by atoms with van der Waals surface area (Å²) in [5.41, 5.74) is 0.757. The highest BCUT2D eigenvalue weighted by molar-refractivity contribution is 9.10. The van der Waals surface area contributed by atoms with E-state index in [9.17, 15) is 0 Å². The van der Waals surface area contributed by atoms with Gasteiger partial charge in [0.25, 0.3) is 0 Å². The number of nitrogens with zero attached hydrogens (tertiary/aromatic N) is 2. The van der Waals surface area contributed by atoms with Gasteiger partial charge in [-0.3, -0.25) is 0 Å². The second kappa shape index (κ2) is 5.95. The molecule has 0 spiro atoms. The molecule has 0 fully saturated rings. The molecule has 0 amide bonds. The van der Waals surface area contributed by atoms with Crippen LogP contribution in [-0.4, -0.2) is 29.6 Å². The minimum atomic E-state index is -1.03. The first-order valence-electron chi connectivity index (χ1n) is 5.33. The van der Waals surface area contributed by atoms with Crippen molar-refractivity contribution in [3.05, 3.63) is 16.4 Å². The van der Waals surface area contributed by atoms with Gasteiger partial charge >= 0.3 is 0 Å². The fourth-order valence-electron chi connectivity index (χ4n) is 1.19. The van der Waals surface area contributed by atoms with Gasteiger partial charge < -0.3 is 9.84 Å². The Bertz CT molecular complexity index is 336. The van der Waals surface area contributed by atoms with Gasteiger partial charge in [-0.15, -0.1) is 0 Å². The van der Waals surface area contributed by atoms with Gasteiger partial charge in [0.05, 0.1) is 23.0 Å². The first kappa shape index (κ1) is 13.9. The van der Waals surface area contributed by atoms with E-state index >= 15 is 0 Å². The van der Waals surface area contributed by atoms with Gasteiger partial charge in [-0.2, -0.15) is 5.10 Å². The molecule has 1 aromatic rings. The molecule has 1 N–H and O–H groups in total. The number of halogens is 1. The zero-order valence-corrected chi connectivity index (χ0v) is 12.6. The molecule has 1 rings (SSSR count). The Morgan fingerprint density at radius 3 is 2.75 bits per heavy atom. The molecule has 1 heterocycles. The SMILES string of the molecule is C[Si](C)(C)CCOCn1ncc(Br)c1CO. The number of aliphatic hydroxyl groups is 1. The van der Waals surface area contributed by atoms with Crippen LogP contribution in [0.2, 0.25) is 25.7 Å². The molecule has 16 heavy (non-hydrogen) atoms. The predicted molar refractivity (Wildman–Crippen MR) is 70.0 cm³/mol. The van der Waals surface area contributed by atoms with Crippen LogP contribution in [0.1, 0.15) is 5.69 Å². The molecule has 0 aromatic carbocycles. The van der Waals surface area contributed by atoms with E-state index in [1.165, 1.54) is 0 Å². The minimum absolute atomic E-state index is 0.0298. The number of rotatable bonds is 6. The third-order valence-corrected chi connectivity index (χ3v) is 4.62. The lowest BCUT2D eigenvalue weighted by Crippen LogP contribution is -2.22. The van der Waals surface area contributed by atoms with Gasteiger partial charge in [0, 0.05) is 14.7 Å². The van der Waals surface area contributed by atoms with Crippen LogP contribution in [0.25, 0.3) is 0 Å². The summed E-state index contributed by atoms with van der Waals surface area (Å²) in [7, 11) is -1.03. The van der Waals surface area contributed by atoms with Crippen molar-refractivity contribution < 1.29 is 9.84 Å². The number of aromatic nitrogens is 2. The molecule has 0 aliphatic heterocycles. The van der Waals surface area contributed by atoms with Gasteiger partial charge in [-0.1, -0.05) is 19.6 Å². The van der Waals surface area contributed by atoms with Gasteiger partial charge in [-0.05, 0) is 22.0 Å². The highest BCUT2D eigenvalue weighted by Gasteiger charge is 2.12. The van der Waals surface area contributed by atoms with Crippen molar-refractivity contribution >= 4 is 24.0 Å². The fraction of sp³-hybridized carbons (Fsp3) is 0.700. The maximum absolute atomic E-state index is 9.13. The van der Waals surface area contributed by atoms with Crippen molar-refractivity contribution in [3.8, 4) is 0 Å². The molecular formula is C10H19BrN2O2Si. The van der Waals surface area contributed by atoms with Crippen molar-refractivity contribution in [2.24, 2.45) is 0 Å². The molecule has 92 valence electrons. The van der Waals surface area contributed by atoms with Crippen LogP contribution in [0.4, 0.5) is 0 Å². The van der Waals surface area contributed by atoms with E-state index in [4.69, 9.17) is 9.84 Å². The highest BCUT2D eigenvalue weighted by Crippen LogP contribution is 2.16. The van der Waals surface area contributed by atoms with E-state index in [2.05, 4.69) is 40.7 Å². The predicted octanol–water partition coefficient (Wildman–Crippen LogP) is 2.45. The zero-order valence-electron chi connectivity index (χ0n) is 10.0. The lowest BCUT2D eigenvalue weighted by atomic mass is 10.5. The smallest absolute Gasteiger partial charge is 0.139 e. The normalized spacial score (nSPS) is 12.1. The van der Waals surface area contributed by atoms with Crippen LogP contribution in [0.3, 0.4) is 0 Å². The summed E-state index contributed by atoms with van der Waals surface area (Å²) in [4.78, 5) is 0. The Morgan fingerprint density at radius 1 is 1.50 bits per heavy atom. The number of ether oxygens (including phenoxy) is 1. The summed E-state index contributed by atoms with van der Waals surface area (Å²) in [5.74, 6) is 0. The Balaban J connectivity index is 2.37. The average molecular weight is 307 g/mol. The minimum Gasteiger partial charge on any atom is -0.390 e. The average Bonchev–Trinajstić information content (AvgIpc) is 2.52. The summed E-state index contributed by atoms with van der Waals surface area (Å²) in [6.45, 7) is 8.10. The van der Waals surface area contributed by atoms with Crippen LogP contribution in [-0.2, 0) is 18.1 Å². The Kier molecular flexibility index (Phi) is 5.17. The third-order valence-electron chi connectivity index (χ3n) is 2.26. The molecule has 0 atom stereocenters. The molecule has 0 aliphatic carbocycles. The lowest BCUT2D eigenvalue weighted by Gasteiger charge is -2.15. The van der Waals surface area contributed by atoms with E-state index in [1.54, 1.807) is 10.9 Å². The first-order valence-corrected chi connectivity index (χ1v) is 9.83. The molecule has 1 aromatic heterocycles. The van der Waals surface area contributed by atoms with Crippen molar-refractivity contribution in [2.45, 2.75) is 39.0 Å². The maximum atomic E-state index is 9.13. The fourth-order valence-corrected chi connectivity index (χ4v) is 2.36. The molecule has 4 nitrogen and oxygen atoms in total. The highest BCUT2D eigenvalue weighted by atomic mass is 79.9. The van der Waals surface area contributed by atoms with E-state index in [1.807, 2.05) is 0 Å². The Morgan fingerprint density at radius 2 is 2.19 bits per heavy atom. The summed E-state index contributed by atoms with van der Waals surface area (Å²) >= 11 is 3.33. The molecular weight excluding hydrogens is 288 g/mol. The second-order valence-corrected chi connectivity index (χ2v) is 11.4. The standard InChI is InChI=1S/C10H19BrN2O2Si/c1-16(2,3)5-4-15-8-13-10(7-14)9(11)6-12-13/h6,14H,4-5,7-8H2,1-3H3. The molecule has 0 saturated heterocycles. The number of hydrogen-bond acceptors (Lipinski definition) is 3. The summed E-state index contributed by atoms with van der Waals surface area (Å²) < 4.78 is 8.05. The molecule has 0 saturated carbocycles. The van der Waals surface area contributed by atoms with Crippen LogP contribution in [0, 0.1) is 0 Å². The number of hydrogen-bond donors (Lipinski definition) is 1. The van der Waals surface area contributed by atoms with Crippen LogP contribution >= 0.6 is 15.9 Å². The van der Waals surface area contributed by atoms with E-state index in [0.717, 1.165) is 22.8 Å². The zero-order chi connectivity index (χ0) is 12.2. The van der Waals surface area contributed by atoms with Crippen molar-refractivity contribution in [2.75, 3.05) is 6.61 Å². The molecule has 6 heteroatoms. The summed E-state index contributed by atoms with van der Waals surface area (Å²) in [5, 5.41) is 13.3. The quantitative estimate of drug-likeness (QED) is 0.649. The van der Waals surface area contributed by atoms with Crippen molar-refractivity contribution in [3.63, 3.8) is 0 Å². The van der Waals surface area contributed by atoms with E-state index in [0.29, 0.717) is 6.73 Å². The van der Waals surface area contributed by atoms with Gasteiger partial charge in [-0.25, -0.2) is 4.68 Å². The second-order valence-electron chi connectivity index (χ2n) is 4.94. The largest absolute Gasteiger partial charge is 0.390 e. The van der Waals surface area contributed by atoms with Crippen molar-refractivity contribution in [1.29, 1.82) is 0 Å². The Hall–Kier alpha value is -0.173. The van der Waals surface area contributed by atoms with Crippen molar-refractivity contribution in [1.82, 2.24) is 9.78 Å². The van der Waals surface area contributed by atoms with Crippen LogP contribution in [0.15, 0.2) is 10.7 Å². The van der Waals surface area contributed by atoms with Crippen LogP contribution in [0.5, 0.6) is 0 Å². The van der Waals surface area contributed by atoms with Crippen LogP contribution < -0.4 is 0 Å². The third kappa shape index (κ3) is 4.37. The molecule has 0 aliphatic rings. The van der Waals surface area contributed by atoms with E-state index < -0.39 is 8.07 Å². The maximum Gasteiger partial charge on any atom is 0.139 e. The van der Waals surface area contributed by atoms with Gasteiger partial charge in [0.2, 0.25) is 0 Å². The molecule has 0 radical (unpaired) electrons. The summed E-state index contributed by atoms with van der Waals surface area (Å²) in [6.07, 6.45) is 1.67. The monoisotopic (exact) mass is 306 g/mol. The van der Waals surface area contributed by atoms with E-state index in [-0.39, 0.29) is 6.61 Å². The summed E-state index contributed by atoms with van der Waals surface area (Å²) in [6, 6.07) is 1.14. The van der Waals surface area contributed by atoms with Gasteiger partial charge in [0.15, 0.2) is 0 Å². The first-order chi connectivity index (χ1) is 7.44. The Labute approximate surface area is 106 Å². The lowest BCUT2D eigenvalue weighted by molar-refractivity contribution is 0.0731. The molecule has 0 unspecified atom stereocenters. The van der Waals surface area contributed by atoms with Gasteiger partial charge in [0.1, 0.15) is 6.73 Å². The topological polar surface area (TPSA) is 47.3 Å². The molecule has 0 bridgehead atoms.